The van der Waals surface area contributed by atoms with E-state index in [1.165, 1.54) is 0 Å². The maximum Gasteiger partial charge on any atom is 0.247 e. The van der Waals surface area contributed by atoms with Gasteiger partial charge in [-0.25, -0.2) is 5.21 Å². The number of hydrogen-bond donors (Lipinski definition) is 2. The molecular formula is C18H19N5O3. The number of rotatable bonds is 5. The molecule has 1 aromatic carbocycles. The molecule has 2 N–H and O–H groups in total. The fraction of sp³-hybridized carbons (Fsp3) is 0.278. The summed E-state index contributed by atoms with van der Waals surface area (Å²) in [6.07, 6.45) is 4.36. The van der Waals surface area contributed by atoms with Crippen LogP contribution >= 0.6 is 0 Å². The number of likely N-dealkylation sites (tertiary alicyclic amines) is 1. The molecule has 1 aliphatic rings. The van der Waals surface area contributed by atoms with Gasteiger partial charge >= 0.3 is 0 Å². The largest absolute Gasteiger partial charge is 0.595 e. The Morgan fingerprint density at radius 3 is 2.65 bits per heavy atom. The number of nitrogens with zero attached hydrogens (tertiary/aromatic N) is 4. The molecule has 0 amide bonds. The lowest BCUT2D eigenvalue weighted by molar-refractivity contribution is -0.991. The van der Waals surface area contributed by atoms with Crippen LogP contribution in [0, 0.1) is 5.21 Å². The first-order chi connectivity index (χ1) is 12.7. The summed E-state index contributed by atoms with van der Waals surface area (Å²) in [4.78, 5) is 6.31. The van der Waals surface area contributed by atoms with Crippen LogP contribution in [-0.4, -0.2) is 38.4 Å². The van der Waals surface area contributed by atoms with Gasteiger partial charge in [-0.3, -0.25) is 9.88 Å². The van der Waals surface area contributed by atoms with Gasteiger partial charge in [0.2, 0.25) is 11.8 Å². The van der Waals surface area contributed by atoms with Gasteiger partial charge in [-0.15, -0.1) is 10.2 Å². The summed E-state index contributed by atoms with van der Waals surface area (Å²) < 4.78 is 5.85. The maximum absolute atomic E-state index is 10.9. The molecule has 2 aromatic heterocycles. The molecule has 1 aliphatic heterocycles. The van der Waals surface area contributed by atoms with Crippen LogP contribution < -0.4 is 5.23 Å². The van der Waals surface area contributed by atoms with Crippen LogP contribution in [0.15, 0.2) is 53.2 Å². The standard InChI is InChI=1S/C18H19N5O3/c24-23(25)16-3-1-13(2-4-16)11-22-10-7-15(12-22)18-21-20-17(26-18)14-5-8-19-9-6-14/h1-6,8-9,15,23-24H,7,10-12H2. The Morgan fingerprint density at radius 2 is 1.92 bits per heavy atom. The molecule has 3 heterocycles. The molecule has 3 aromatic rings. The number of quaternary nitrogens is 1. The van der Waals surface area contributed by atoms with Gasteiger partial charge < -0.3 is 9.62 Å². The van der Waals surface area contributed by atoms with Crippen molar-refractivity contribution >= 4 is 5.69 Å². The van der Waals surface area contributed by atoms with E-state index in [0.717, 1.165) is 37.2 Å². The molecule has 4 rings (SSSR count). The van der Waals surface area contributed by atoms with E-state index < -0.39 is 5.23 Å². The molecular weight excluding hydrogens is 334 g/mol. The summed E-state index contributed by atoms with van der Waals surface area (Å²) in [5.41, 5.74) is 2.27. The summed E-state index contributed by atoms with van der Waals surface area (Å²) in [6.45, 7) is 2.57. The van der Waals surface area contributed by atoms with Gasteiger partial charge in [-0.2, -0.15) is 5.23 Å². The second-order valence-electron chi connectivity index (χ2n) is 6.40. The van der Waals surface area contributed by atoms with E-state index in [2.05, 4.69) is 20.1 Å². The molecule has 2 unspecified atom stereocenters. The molecule has 0 saturated carbocycles. The summed E-state index contributed by atoms with van der Waals surface area (Å²) in [7, 11) is 0. The van der Waals surface area contributed by atoms with Crippen molar-refractivity contribution in [3.8, 4) is 11.5 Å². The van der Waals surface area contributed by atoms with E-state index in [1.54, 1.807) is 24.5 Å². The Labute approximate surface area is 150 Å². The summed E-state index contributed by atoms with van der Waals surface area (Å²) in [5, 5.41) is 27.4. The fourth-order valence-electron chi connectivity index (χ4n) is 3.20. The molecule has 0 radical (unpaired) electrons. The Bertz CT molecular complexity index is 851. The van der Waals surface area contributed by atoms with Crippen LogP contribution in [-0.2, 0) is 6.54 Å². The third-order valence-electron chi connectivity index (χ3n) is 4.60. The van der Waals surface area contributed by atoms with Crippen LogP contribution in [0.25, 0.3) is 11.5 Å². The van der Waals surface area contributed by atoms with Crippen molar-refractivity contribution in [1.82, 2.24) is 20.1 Å². The minimum Gasteiger partial charge on any atom is -0.595 e. The number of pyridine rings is 1. The highest BCUT2D eigenvalue weighted by Crippen LogP contribution is 2.29. The molecule has 1 saturated heterocycles. The first kappa shape index (κ1) is 16.8. The van der Waals surface area contributed by atoms with Crippen molar-refractivity contribution in [2.75, 3.05) is 13.1 Å². The maximum atomic E-state index is 10.9. The quantitative estimate of drug-likeness (QED) is 0.670. The predicted octanol–water partition coefficient (Wildman–Crippen LogP) is 1.52. The highest BCUT2D eigenvalue weighted by molar-refractivity contribution is 5.50. The number of aromatic nitrogens is 3. The van der Waals surface area contributed by atoms with Gasteiger partial charge in [0.15, 0.2) is 5.69 Å². The van der Waals surface area contributed by atoms with E-state index in [-0.39, 0.29) is 5.92 Å². The second-order valence-corrected chi connectivity index (χ2v) is 6.40. The van der Waals surface area contributed by atoms with E-state index in [0.29, 0.717) is 17.5 Å². The van der Waals surface area contributed by atoms with E-state index in [1.807, 2.05) is 24.3 Å². The van der Waals surface area contributed by atoms with Crippen molar-refractivity contribution < 1.29 is 14.9 Å². The van der Waals surface area contributed by atoms with E-state index in [9.17, 15) is 5.21 Å². The SMILES string of the molecule is [O-][NH+](O)c1ccc(CN2CCC(c3nnc(-c4ccncc4)o3)C2)cc1. The Balaban J connectivity index is 1.39. The molecule has 0 aliphatic carbocycles. The first-order valence-electron chi connectivity index (χ1n) is 8.47. The second kappa shape index (κ2) is 7.30. The average molecular weight is 353 g/mol. The van der Waals surface area contributed by atoms with Gasteiger partial charge in [0.05, 0.1) is 5.92 Å². The summed E-state index contributed by atoms with van der Waals surface area (Å²) in [6, 6.07) is 10.7. The van der Waals surface area contributed by atoms with Gasteiger partial charge in [0, 0.05) is 43.2 Å². The zero-order valence-corrected chi connectivity index (χ0v) is 14.1. The Morgan fingerprint density at radius 1 is 1.15 bits per heavy atom. The molecule has 134 valence electrons. The van der Waals surface area contributed by atoms with Crippen molar-refractivity contribution in [1.29, 1.82) is 0 Å². The molecule has 0 bridgehead atoms. The topological polar surface area (TPSA) is 103 Å². The van der Waals surface area contributed by atoms with Crippen LogP contribution in [0.5, 0.6) is 0 Å². The highest BCUT2D eigenvalue weighted by atomic mass is 16.8. The third-order valence-corrected chi connectivity index (χ3v) is 4.60. The van der Waals surface area contributed by atoms with Crippen molar-refractivity contribution in [2.45, 2.75) is 18.9 Å². The van der Waals surface area contributed by atoms with Gasteiger partial charge in [-0.05, 0) is 30.7 Å². The van der Waals surface area contributed by atoms with Crippen LogP contribution in [0.2, 0.25) is 0 Å². The third kappa shape index (κ3) is 3.63. The Kier molecular flexibility index (Phi) is 4.72. The summed E-state index contributed by atoms with van der Waals surface area (Å²) in [5.74, 6) is 1.40. The minimum absolute atomic E-state index is 0.219. The normalized spacial score (nSPS) is 18.9. The van der Waals surface area contributed by atoms with Crippen molar-refractivity contribution in [3.05, 3.63) is 65.5 Å². The van der Waals surface area contributed by atoms with Crippen LogP contribution in [0.4, 0.5) is 5.69 Å². The molecule has 8 heteroatoms. The van der Waals surface area contributed by atoms with Gasteiger partial charge in [0.25, 0.3) is 0 Å². The lowest BCUT2D eigenvalue weighted by atomic mass is 10.1. The zero-order chi connectivity index (χ0) is 17.9. The number of benzene rings is 1. The lowest BCUT2D eigenvalue weighted by Crippen LogP contribution is -2.99. The summed E-state index contributed by atoms with van der Waals surface area (Å²) >= 11 is 0. The van der Waals surface area contributed by atoms with Crippen molar-refractivity contribution in [2.24, 2.45) is 0 Å². The molecule has 0 spiro atoms. The molecule has 8 nitrogen and oxygen atoms in total. The van der Waals surface area contributed by atoms with Crippen LogP contribution in [0.3, 0.4) is 0 Å². The van der Waals surface area contributed by atoms with E-state index in [4.69, 9.17) is 9.62 Å². The van der Waals surface area contributed by atoms with Crippen LogP contribution in [0.1, 0.15) is 23.8 Å². The first-order valence-corrected chi connectivity index (χ1v) is 8.47. The van der Waals surface area contributed by atoms with E-state index >= 15 is 0 Å². The number of nitrogens with one attached hydrogen (secondary N) is 1. The molecule has 2 atom stereocenters. The predicted molar refractivity (Wildman–Crippen MR) is 92.4 cm³/mol. The zero-order valence-electron chi connectivity index (χ0n) is 14.1. The smallest absolute Gasteiger partial charge is 0.247 e. The van der Waals surface area contributed by atoms with Gasteiger partial charge in [0.1, 0.15) is 0 Å². The highest BCUT2D eigenvalue weighted by Gasteiger charge is 2.28. The fourth-order valence-corrected chi connectivity index (χ4v) is 3.20. The lowest BCUT2D eigenvalue weighted by Gasteiger charge is -2.16. The Hall–Kier alpha value is -2.65. The van der Waals surface area contributed by atoms with Gasteiger partial charge in [-0.1, -0.05) is 12.1 Å². The molecule has 26 heavy (non-hydrogen) atoms. The monoisotopic (exact) mass is 353 g/mol. The number of hydrogen-bond acceptors (Lipinski definition) is 7. The average Bonchev–Trinajstić information content (AvgIpc) is 3.32. The molecule has 1 fully saturated rings. The minimum atomic E-state index is -0.904. The van der Waals surface area contributed by atoms with Crippen molar-refractivity contribution in [3.63, 3.8) is 0 Å².